The highest BCUT2D eigenvalue weighted by Gasteiger charge is 2.10. The molecular weight excluding hydrogens is 308 g/mol. The van der Waals surface area contributed by atoms with Crippen LogP contribution < -0.4 is 5.32 Å². The Balaban J connectivity index is 2.09. The van der Waals surface area contributed by atoms with Gasteiger partial charge in [-0.3, -0.25) is 4.79 Å². The van der Waals surface area contributed by atoms with Crippen molar-refractivity contribution in [3.63, 3.8) is 0 Å². The van der Waals surface area contributed by atoms with Gasteiger partial charge in [0.25, 0.3) is 0 Å². The quantitative estimate of drug-likeness (QED) is 0.568. The van der Waals surface area contributed by atoms with Gasteiger partial charge in [0.2, 0.25) is 5.91 Å². The maximum absolute atomic E-state index is 11.9. The summed E-state index contributed by atoms with van der Waals surface area (Å²) in [6.07, 6.45) is -0.0146. The van der Waals surface area contributed by atoms with Gasteiger partial charge in [0.1, 0.15) is 0 Å². The molecule has 6 heteroatoms. The maximum Gasteiger partial charge on any atom is 0.225 e. The second kappa shape index (κ2) is 12.0. The number of anilines is 1. The molecule has 0 aromatic heterocycles. The molecule has 1 amide bonds. The van der Waals surface area contributed by atoms with Gasteiger partial charge < -0.3 is 24.8 Å². The third-order valence-corrected chi connectivity index (χ3v) is 3.29. The van der Waals surface area contributed by atoms with Gasteiger partial charge >= 0.3 is 0 Å². The van der Waals surface area contributed by atoms with E-state index in [1.54, 1.807) is 0 Å². The number of hydrogen-bond acceptors (Lipinski definition) is 5. The average Bonchev–Trinajstić information content (AvgIpc) is 2.53. The molecular formula is C18H30N2O4. The van der Waals surface area contributed by atoms with E-state index in [0.29, 0.717) is 32.7 Å². The molecule has 0 aliphatic heterocycles. The molecule has 1 rings (SSSR count). The molecule has 136 valence electrons. The van der Waals surface area contributed by atoms with Crippen molar-refractivity contribution in [1.82, 2.24) is 4.90 Å². The van der Waals surface area contributed by atoms with E-state index in [1.807, 2.05) is 56.1 Å². The fourth-order valence-corrected chi connectivity index (χ4v) is 2.10. The number of para-hydroxylation sites is 1. The van der Waals surface area contributed by atoms with Crippen molar-refractivity contribution in [2.24, 2.45) is 0 Å². The lowest BCUT2D eigenvalue weighted by molar-refractivity contribution is -0.116. The molecule has 0 aliphatic carbocycles. The number of ether oxygens (including phenoxy) is 2. The molecule has 1 atom stereocenters. The van der Waals surface area contributed by atoms with Crippen molar-refractivity contribution >= 4 is 11.6 Å². The summed E-state index contributed by atoms with van der Waals surface area (Å²) < 4.78 is 10.7. The van der Waals surface area contributed by atoms with Crippen LogP contribution in [0, 0.1) is 0 Å². The van der Waals surface area contributed by atoms with Gasteiger partial charge in [-0.05, 0) is 33.0 Å². The van der Waals surface area contributed by atoms with Crippen LogP contribution >= 0.6 is 0 Å². The van der Waals surface area contributed by atoms with Crippen molar-refractivity contribution in [3.05, 3.63) is 30.3 Å². The third-order valence-electron chi connectivity index (χ3n) is 3.29. The zero-order valence-electron chi connectivity index (χ0n) is 14.9. The molecule has 24 heavy (non-hydrogen) atoms. The molecule has 0 unspecified atom stereocenters. The number of hydrogen-bond donors (Lipinski definition) is 2. The second-order valence-electron chi connectivity index (χ2n) is 6.07. The lowest BCUT2D eigenvalue weighted by Gasteiger charge is -2.20. The second-order valence-corrected chi connectivity index (χ2v) is 6.07. The molecule has 0 aliphatic rings. The van der Waals surface area contributed by atoms with Gasteiger partial charge in [-0.2, -0.15) is 0 Å². The predicted molar refractivity (Wildman–Crippen MR) is 95.1 cm³/mol. The first kappa shape index (κ1) is 20.6. The zero-order chi connectivity index (χ0) is 17.8. The topological polar surface area (TPSA) is 71.0 Å². The summed E-state index contributed by atoms with van der Waals surface area (Å²) in [5.74, 6) is -0.0374. The summed E-state index contributed by atoms with van der Waals surface area (Å²) in [5.41, 5.74) is 0.794. The number of nitrogens with zero attached hydrogens (tertiary/aromatic N) is 1. The Kier molecular flexibility index (Phi) is 10.3. The third kappa shape index (κ3) is 10.3. The number of nitrogens with one attached hydrogen (secondary N) is 1. The monoisotopic (exact) mass is 338 g/mol. The number of aliphatic hydroxyl groups is 1. The molecule has 0 radical (unpaired) electrons. The van der Waals surface area contributed by atoms with E-state index in [0.717, 1.165) is 5.69 Å². The largest absolute Gasteiger partial charge is 0.389 e. The maximum atomic E-state index is 11.9. The lowest BCUT2D eigenvalue weighted by atomic mass is 10.3. The summed E-state index contributed by atoms with van der Waals surface area (Å²) in [7, 11) is 1.88. The molecule has 2 N–H and O–H groups in total. The molecule has 0 heterocycles. The molecule has 1 aromatic rings. The Morgan fingerprint density at radius 1 is 1.25 bits per heavy atom. The molecule has 0 spiro atoms. The van der Waals surface area contributed by atoms with Gasteiger partial charge in [0.15, 0.2) is 0 Å². The normalized spacial score (nSPS) is 12.6. The Hall–Kier alpha value is -1.47. The average molecular weight is 338 g/mol. The summed E-state index contributed by atoms with van der Waals surface area (Å²) in [6.45, 7) is 6.24. The minimum absolute atomic E-state index is 0.0374. The molecule has 0 saturated carbocycles. The smallest absolute Gasteiger partial charge is 0.225 e. The van der Waals surface area contributed by atoms with Gasteiger partial charge in [-0.15, -0.1) is 0 Å². The number of rotatable bonds is 12. The molecule has 0 saturated heterocycles. The number of amides is 1. The Labute approximate surface area is 144 Å². The molecule has 0 fully saturated rings. The van der Waals surface area contributed by atoms with Crippen LogP contribution in [0.2, 0.25) is 0 Å². The van der Waals surface area contributed by atoms with Crippen LogP contribution in [0.3, 0.4) is 0 Å². The van der Waals surface area contributed by atoms with E-state index in [4.69, 9.17) is 9.47 Å². The van der Waals surface area contributed by atoms with Crippen LogP contribution in [-0.4, -0.2) is 68.1 Å². The minimum Gasteiger partial charge on any atom is -0.389 e. The van der Waals surface area contributed by atoms with Gasteiger partial charge in [-0.1, -0.05) is 18.2 Å². The predicted octanol–water partition coefficient (Wildman–Crippen LogP) is 1.75. The van der Waals surface area contributed by atoms with E-state index < -0.39 is 6.10 Å². The number of benzene rings is 1. The Morgan fingerprint density at radius 2 is 1.96 bits per heavy atom. The SMILES string of the molecule is CC(C)OCCOC[C@H](O)CN(C)CCC(=O)Nc1ccccc1. The standard InChI is InChI=1S/C18H30N2O4/c1-15(2)24-12-11-23-14-17(21)13-20(3)10-9-18(22)19-16-7-5-4-6-8-16/h4-8,15,17,21H,9-14H2,1-3H3,(H,19,22)/t17-/m1/s1. The molecule has 6 nitrogen and oxygen atoms in total. The van der Waals surface area contributed by atoms with Gasteiger partial charge in [0.05, 0.1) is 32.0 Å². The molecule has 0 bridgehead atoms. The van der Waals surface area contributed by atoms with Crippen LogP contribution in [0.4, 0.5) is 5.69 Å². The summed E-state index contributed by atoms with van der Waals surface area (Å²) in [4.78, 5) is 13.8. The number of aliphatic hydroxyl groups excluding tert-OH is 1. The van der Waals surface area contributed by atoms with E-state index in [1.165, 1.54) is 0 Å². The summed E-state index contributed by atoms with van der Waals surface area (Å²) in [6, 6.07) is 9.37. The van der Waals surface area contributed by atoms with Gasteiger partial charge in [-0.25, -0.2) is 0 Å². The lowest BCUT2D eigenvalue weighted by Crippen LogP contribution is -2.34. The van der Waals surface area contributed by atoms with Crippen molar-refractivity contribution in [2.75, 3.05) is 45.3 Å². The van der Waals surface area contributed by atoms with Crippen LogP contribution in [0.1, 0.15) is 20.3 Å². The van der Waals surface area contributed by atoms with Gasteiger partial charge in [0, 0.05) is 25.2 Å². The zero-order valence-corrected chi connectivity index (χ0v) is 14.9. The van der Waals surface area contributed by atoms with Crippen LogP contribution in [0.25, 0.3) is 0 Å². The Bertz CT molecular complexity index is 454. The highest BCUT2D eigenvalue weighted by molar-refractivity contribution is 5.90. The highest BCUT2D eigenvalue weighted by Crippen LogP contribution is 2.05. The van der Waals surface area contributed by atoms with Crippen LogP contribution in [-0.2, 0) is 14.3 Å². The van der Waals surface area contributed by atoms with Crippen molar-refractivity contribution < 1.29 is 19.4 Å². The van der Waals surface area contributed by atoms with Crippen LogP contribution in [0.15, 0.2) is 30.3 Å². The number of likely N-dealkylation sites (N-methyl/N-ethyl adjacent to an activating group) is 1. The van der Waals surface area contributed by atoms with Crippen molar-refractivity contribution in [1.29, 1.82) is 0 Å². The summed E-state index contributed by atoms with van der Waals surface area (Å²) in [5, 5.41) is 12.8. The van der Waals surface area contributed by atoms with E-state index in [2.05, 4.69) is 5.32 Å². The number of carbonyl (C=O) groups is 1. The molecule has 1 aromatic carbocycles. The minimum atomic E-state index is -0.578. The fourth-order valence-electron chi connectivity index (χ4n) is 2.10. The van der Waals surface area contributed by atoms with E-state index >= 15 is 0 Å². The number of carbonyl (C=O) groups excluding carboxylic acids is 1. The summed E-state index contributed by atoms with van der Waals surface area (Å²) >= 11 is 0. The van der Waals surface area contributed by atoms with Crippen LogP contribution in [0.5, 0.6) is 0 Å². The fraction of sp³-hybridized carbons (Fsp3) is 0.611. The first-order valence-corrected chi connectivity index (χ1v) is 8.38. The van der Waals surface area contributed by atoms with E-state index in [9.17, 15) is 9.90 Å². The van der Waals surface area contributed by atoms with Crippen molar-refractivity contribution in [3.8, 4) is 0 Å². The van der Waals surface area contributed by atoms with Crippen molar-refractivity contribution in [2.45, 2.75) is 32.5 Å². The first-order chi connectivity index (χ1) is 11.5. The van der Waals surface area contributed by atoms with E-state index in [-0.39, 0.29) is 18.6 Å². The first-order valence-electron chi connectivity index (χ1n) is 8.38. The highest BCUT2D eigenvalue weighted by atomic mass is 16.5. The Morgan fingerprint density at radius 3 is 2.62 bits per heavy atom.